The molecule has 7 heteroatoms. The second-order valence-corrected chi connectivity index (χ2v) is 8.59. The molecule has 0 bridgehead atoms. The molecule has 0 amide bonds. The molecule has 3 heterocycles. The standard InChI is InChI=1S/C24H32N4O3/c29-24(30)22(27-16-20-5-1-2-11-25-20)10-13-31-21-14-17(15-21)6-8-19-9-7-18-4-3-12-26-23(18)28-19/h1-2,5,7,9,11,17,21-22,27H,3-4,6,8,10,12-16H2,(H,26,28)(H,29,30)/t17-,21+,22-/m1/s1. The number of ether oxygens (including phenoxy) is 1. The summed E-state index contributed by atoms with van der Waals surface area (Å²) in [5, 5.41) is 15.9. The first-order valence-electron chi connectivity index (χ1n) is 11.4. The molecule has 0 radical (unpaired) electrons. The second-order valence-electron chi connectivity index (χ2n) is 8.59. The Balaban J connectivity index is 1.11. The van der Waals surface area contributed by atoms with Crippen LogP contribution in [0.25, 0.3) is 0 Å². The molecule has 1 atom stereocenters. The molecule has 166 valence electrons. The second kappa shape index (κ2) is 10.7. The fraction of sp³-hybridized carbons (Fsp3) is 0.542. The van der Waals surface area contributed by atoms with Crippen LogP contribution in [0.1, 0.15) is 49.1 Å². The van der Waals surface area contributed by atoms with E-state index in [1.807, 2.05) is 18.2 Å². The Morgan fingerprint density at radius 3 is 2.97 bits per heavy atom. The van der Waals surface area contributed by atoms with E-state index in [2.05, 4.69) is 27.8 Å². The van der Waals surface area contributed by atoms with Crippen LogP contribution >= 0.6 is 0 Å². The van der Waals surface area contributed by atoms with Gasteiger partial charge in [-0.2, -0.15) is 0 Å². The van der Waals surface area contributed by atoms with Crippen molar-refractivity contribution in [2.45, 2.75) is 63.6 Å². The monoisotopic (exact) mass is 424 g/mol. The number of aromatic nitrogens is 2. The minimum absolute atomic E-state index is 0.258. The maximum absolute atomic E-state index is 11.5. The highest BCUT2D eigenvalue weighted by atomic mass is 16.5. The molecule has 2 aromatic heterocycles. The van der Waals surface area contributed by atoms with Crippen molar-refractivity contribution in [3.8, 4) is 0 Å². The van der Waals surface area contributed by atoms with E-state index in [-0.39, 0.29) is 6.10 Å². The van der Waals surface area contributed by atoms with E-state index in [0.29, 0.717) is 25.5 Å². The van der Waals surface area contributed by atoms with Crippen LogP contribution in [0.2, 0.25) is 0 Å². The van der Waals surface area contributed by atoms with Crippen LogP contribution in [0.4, 0.5) is 5.82 Å². The lowest BCUT2D eigenvalue weighted by Gasteiger charge is -2.35. The van der Waals surface area contributed by atoms with Gasteiger partial charge in [-0.1, -0.05) is 12.1 Å². The van der Waals surface area contributed by atoms with E-state index in [0.717, 1.165) is 50.2 Å². The van der Waals surface area contributed by atoms with E-state index in [4.69, 9.17) is 9.72 Å². The minimum atomic E-state index is -0.849. The van der Waals surface area contributed by atoms with Crippen LogP contribution in [0.15, 0.2) is 36.5 Å². The average Bonchev–Trinajstić information content (AvgIpc) is 2.77. The van der Waals surface area contributed by atoms with E-state index in [1.165, 1.54) is 17.7 Å². The van der Waals surface area contributed by atoms with Gasteiger partial charge in [0.15, 0.2) is 0 Å². The molecule has 31 heavy (non-hydrogen) atoms. The van der Waals surface area contributed by atoms with Crippen molar-refractivity contribution in [2.24, 2.45) is 5.92 Å². The summed E-state index contributed by atoms with van der Waals surface area (Å²) >= 11 is 0. The third-order valence-electron chi connectivity index (χ3n) is 6.27. The first-order chi connectivity index (χ1) is 15.2. The molecule has 1 saturated carbocycles. The summed E-state index contributed by atoms with van der Waals surface area (Å²) in [6.07, 6.45) is 8.98. The zero-order valence-electron chi connectivity index (χ0n) is 17.9. The summed E-state index contributed by atoms with van der Waals surface area (Å²) < 4.78 is 5.92. The Hall–Kier alpha value is -2.51. The van der Waals surface area contributed by atoms with E-state index < -0.39 is 12.0 Å². The third-order valence-corrected chi connectivity index (χ3v) is 6.27. The van der Waals surface area contributed by atoms with Gasteiger partial charge >= 0.3 is 5.97 Å². The van der Waals surface area contributed by atoms with Gasteiger partial charge in [0, 0.05) is 31.6 Å². The number of nitrogens with one attached hydrogen (secondary N) is 2. The van der Waals surface area contributed by atoms with Crippen LogP contribution in [0.3, 0.4) is 0 Å². The molecule has 4 rings (SSSR count). The molecule has 2 aromatic rings. The van der Waals surface area contributed by atoms with Crippen LogP contribution < -0.4 is 10.6 Å². The SMILES string of the molecule is O=C(O)[C@@H](CCO[C@H]1C[C@@H](CCc2ccc3c(n2)NCCC3)C1)NCc1ccccn1. The number of aliphatic carboxylic acids is 1. The Labute approximate surface area is 183 Å². The topological polar surface area (TPSA) is 96.4 Å². The number of hydrogen-bond acceptors (Lipinski definition) is 6. The van der Waals surface area contributed by atoms with E-state index in [9.17, 15) is 9.90 Å². The van der Waals surface area contributed by atoms with Gasteiger partial charge in [-0.05, 0) is 74.6 Å². The van der Waals surface area contributed by atoms with Crippen molar-refractivity contribution in [1.82, 2.24) is 15.3 Å². The van der Waals surface area contributed by atoms with Crippen LogP contribution in [0.5, 0.6) is 0 Å². The summed E-state index contributed by atoms with van der Waals surface area (Å²) in [5.74, 6) is 0.898. The first-order valence-corrected chi connectivity index (χ1v) is 11.4. The molecular formula is C24H32N4O3. The number of nitrogens with zero attached hydrogens (tertiary/aromatic N) is 2. The van der Waals surface area contributed by atoms with Gasteiger partial charge in [0.1, 0.15) is 11.9 Å². The predicted octanol–water partition coefficient (Wildman–Crippen LogP) is 3.20. The molecule has 0 spiro atoms. The zero-order valence-corrected chi connectivity index (χ0v) is 17.9. The number of carbonyl (C=O) groups is 1. The van der Waals surface area contributed by atoms with Gasteiger partial charge in [-0.3, -0.25) is 15.1 Å². The fourth-order valence-electron chi connectivity index (χ4n) is 4.30. The van der Waals surface area contributed by atoms with Crippen molar-refractivity contribution >= 4 is 11.8 Å². The quantitative estimate of drug-likeness (QED) is 0.510. The van der Waals surface area contributed by atoms with Gasteiger partial charge in [-0.15, -0.1) is 0 Å². The highest BCUT2D eigenvalue weighted by Gasteiger charge is 2.30. The van der Waals surface area contributed by atoms with Crippen molar-refractivity contribution in [3.63, 3.8) is 0 Å². The molecule has 3 N–H and O–H groups in total. The lowest BCUT2D eigenvalue weighted by Crippen LogP contribution is -2.38. The van der Waals surface area contributed by atoms with Crippen molar-refractivity contribution in [2.75, 3.05) is 18.5 Å². The van der Waals surface area contributed by atoms with E-state index >= 15 is 0 Å². The highest BCUT2D eigenvalue weighted by Crippen LogP contribution is 2.34. The number of pyridine rings is 2. The third kappa shape index (κ3) is 6.24. The fourth-order valence-corrected chi connectivity index (χ4v) is 4.30. The maximum atomic E-state index is 11.5. The number of hydrogen-bond donors (Lipinski definition) is 3. The average molecular weight is 425 g/mol. The summed E-state index contributed by atoms with van der Waals surface area (Å²) in [6.45, 7) is 1.92. The van der Waals surface area contributed by atoms with Crippen LogP contribution in [-0.2, 0) is 28.9 Å². The maximum Gasteiger partial charge on any atom is 0.320 e. The summed E-state index contributed by atoms with van der Waals surface area (Å²) in [6, 6.07) is 9.39. The Kier molecular flexibility index (Phi) is 7.48. The first kappa shape index (κ1) is 21.7. The largest absolute Gasteiger partial charge is 0.480 e. The summed E-state index contributed by atoms with van der Waals surface area (Å²) in [4.78, 5) is 20.5. The molecule has 1 fully saturated rings. The normalized spacial score (nSPS) is 20.9. The molecule has 1 aliphatic heterocycles. The van der Waals surface area contributed by atoms with Crippen LogP contribution in [-0.4, -0.2) is 46.3 Å². The lowest BCUT2D eigenvalue weighted by molar-refractivity contribution is -0.140. The number of carboxylic acids is 1. The molecule has 0 aromatic carbocycles. The molecule has 7 nitrogen and oxygen atoms in total. The lowest BCUT2D eigenvalue weighted by atomic mass is 9.79. The predicted molar refractivity (Wildman–Crippen MR) is 119 cm³/mol. The number of aryl methyl sites for hydroxylation is 2. The van der Waals surface area contributed by atoms with Crippen LogP contribution in [0, 0.1) is 5.92 Å². The summed E-state index contributed by atoms with van der Waals surface area (Å²) in [7, 11) is 0. The Morgan fingerprint density at radius 2 is 2.16 bits per heavy atom. The molecule has 0 unspecified atom stereocenters. The van der Waals surface area contributed by atoms with Crippen molar-refractivity contribution in [1.29, 1.82) is 0 Å². The van der Waals surface area contributed by atoms with Crippen molar-refractivity contribution < 1.29 is 14.6 Å². The molecule has 0 saturated heterocycles. The Bertz CT molecular complexity index is 855. The summed E-state index contributed by atoms with van der Waals surface area (Å²) in [5.41, 5.74) is 3.34. The molecule has 1 aliphatic carbocycles. The Morgan fingerprint density at radius 1 is 1.26 bits per heavy atom. The highest BCUT2D eigenvalue weighted by molar-refractivity contribution is 5.73. The van der Waals surface area contributed by atoms with E-state index in [1.54, 1.807) is 6.20 Å². The van der Waals surface area contributed by atoms with Gasteiger partial charge in [0.2, 0.25) is 0 Å². The number of fused-ring (bicyclic) bond motifs is 1. The smallest absolute Gasteiger partial charge is 0.320 e. The van der Waals surface area contributed by atoms with Gasteiger partial charge in [-0.25, -0.2) is 4.98 Å². The van der Waals surface area contributed by atoms with Crippen molar-refractivity contribution in [3.05, 3.63) is 53.5 Å². The van der Waals surface area contributed by atoms with Gasteiger partial charge in [0.25, 0.3) is 0 Å². The minimum Gasteiger partial charge on any atom is -0.480 e. The molecular weight excluding hydrogens is 392 g/mol. The molecule has 2 aliphatic rings. The van der Waals surface area contributed by atoms with Gasteiger partial charge in [0.05, 0.1) is 11.8 Å². The number of rotatable bonds is 11. The number of carboxylic acid groups (broad SMARTS) is 1. The zero-order chi connectivity index (χ0) is 21.5. The van der Waals surface area contributed by atoms with Gasteiger partial charge < -0.3 is 15.2 Å². The number of anilines is 1.